The number of halogens is 1. The second-order valence-electron chi connectivity index (χ2n) is 4.46. The summed E-state index contributed by atoms with van der Waals surface area (Å²) < 4.78 is 0. The van der Waals surface area contributed by atoms with Gasteiger partial charge in [0, 0.05) is 11.9 Å². The minimum Gasteiger partial charge on any atom is -0.288 e. The molecule has 7 heteroatoms. The lowest BCUT2D eigenvalue weighted by Crippen LogP contribution is -2.26. The standard InChI is InChI=1S/C15H14ClN3O2S/c1-9-14(22-15(17-9)19-18-10(2)20)13(21)8-7-11-5-3-4-6-12(11)16/h3-8H,1-2H3,(H,17,19)(H,18,20)/b8-7+. The first-order chi connectivity index (χ1) is 10.5. The predicted octanol–water partition coefficient (Wildman–Crippen LogP) is 3.46. The fourth-order valence-electron chi connectivity index (χ4n) is 1.67. The van der Waals surface area contributed by atoms with Gasteiger partial charge >= 0.3 is 0 Å². The van der Waals surface area contributed by atoms with Gasteiger partial charge in [0.25, 0.3) is 0 Å². The summed E-state index contributed by atoms with van der Waals surface area (Å²) in [6.45, 7) is 3.12. The largest absolute Gasteiger partial charge is 0.288 e. The highest BCUT2D eigenvalue weighted by atomic mass is 35.5. The molecule has 0 aliphatic heterocycles. The van der Waals surface area contributed by atoms with Gasteiger partial charge in [0.1, 0.15) is 0 Å². The Bertz CT molecular complexity index is 740. The van der Waals surface area contributed by atoms with Crippen LogP contribution in [0, 0.1) is 6.92 Å². The van der Waals surface area contributed by atoms with Crippen LogP contribution in [0.15, 0.2) is 30.3 Å². The molecule has 0 saturated carbocycles. The van der Waals surface area contributed by atoms with E-state index in [4.69, 9.17) is 11.6 Å². The summed E-state index contributed by atoms with van der Waals surface area (Å²) in [4.78, 5) is 27.8. The van der Waals surface area contributed by atoms with Gasteiger partial charge in [0.2, 0.25) is 11.0 Å². The van der Waals surface area contributed by atoms with Gasteiger partial charge < -0.3 is 0 Å². The van der Waals surface area contributed by atoms with Crippen molar-refractivity contribution in [2.45, 2.75) is 13.8 Å². The zero-order valence-corrected chi connectivity index (χ0v) is 13.6. The monoisotopic (exact) mass is 335 g/mol. The minimum atomic E-state index is -0.237. The zero-order valence-electron chi connectivity index (χ0n) is 12.0. The van der Waals surface area contributed by atoms with E-state index in [9.17, 15) is 9.59 Å². The third kappa shape index (κ3) is 4.16. The maximum absolute atomic E-state index is 12.2. The van der Waals surface area contributed by atoms with E-state index in [2.05, 4.69) is 15.8 Å². The average Bonchev–Trinajstić information content (AvgIpc) is 2.85. The number of aryl methyl sites for hydroxylation is 1. The molecule has 114 valence electrons. The molecule has 0 radical (unpaired) electrons. The number of carbonyl (C=O) groups excluding carboxylic acids is 2. The van der Waals surface area contributed by atoms with Gasteiger partial charge in [-0.1, -0.05) is 41.1 Å². The van der Waals surface area contributed by atoms with Gasteiger partial charge in [-0.05, 0) is 30.7 Å². The van der Waals surface area contributed by atoms with Crippen molar-refractivity contribution in [3.8, 4) is 0 Å². The lowest BCUT2D eigenvalue weighted by Gasteiger charge is -1.99. The van der Waals surface area contributed by atoms with E-state index in [1.54, 1.807) is 19.1 Å². The fourth-order valence-corrected chi connectivity index (χ4v) is 2.71. The second kappa shape index (κ2) is 7.20. The van der Waals surface area contributed by atoms with E-state index >= 15 is 0 Å². The molecule has 0 aliphatic rings. The van der Waals surface area contributed by atoms with Crippen molar-refractivity contribution >= 4 is 45.8 Å². The number of hydrazine groups is 1. The molecule has 22 heavy (non-hydrogen) atoms. The number of thiazole rings is 1. The number of amides is 1. The number of benzene rings is 1. The number of ketones is 1. The van der Waals surface area contributed by atoms with Crippen LogP contribution in [-0.2, 0) is 4.79 Å². The highest BCUT2D eigenvalue weighted by Crippen LogP contribution is 2.23. The Kier molecular flexibility index (Phi) is 5.30. The van der Waals surface area contributed by atoms with E-state index < -0.39 is 0 Å². The number of nitrogens with zero attached hydrogens (tertiary/aromatic N) is 1. The Morgan fingerprint density at radius 2 is 2.05 bits per heavy atom. The molecule has 1 aromatic carbocycles. The summed E-state index contributed by atoms with van der Waals surface area (Å²) in [6.07, 6.45) is 3.13. The van der Waals surface area contributed by atoms with Crippen LogP contribution in [0.3, 0.4) is 0 Å². The molecular formula is C15H14ClN3O2S. The first-order valence-electron chi connectivity index (χ1n) is 6.44. The molecular weight excluding hydrogens is 322 g/mol. The highest BCUT2D eigenvalue weighted by molar-refractivity contribution is 7.17. The minimum absolute atomic E-state index is 0.161. The van der Waals surface area contributed by atoms with Crippen molar-refractivity contribution in [3.63, 3.8) is 0 Å². The van der Waals surface area contributed by atoms with Crippen molar-refractivity contribution in [3.05, 3.63) is 51.5 Å². The SMILES string of the molecule is CC(=O)NNc1nc(C)c(C(=O)/C=C/c2ccccc2Cl)s1. The van der Waals surface area contributed by atoms with Gasteiger partial charge in [-0.15, -0.1) is 0 Å². The van der Waals surface area contributed by atoms with Gasteiger partial charge in [-0.2, -0.15) is 0 Å². The van der Waals surface area contributed by atoms with Crippen LogP contribution in [-0.4, -0.2) is 16.7 Å². The Morgan fingerprint density at radius 1 is 1.32 bits per heavy atom. The van der Waals surface area contributed by atoms with Crippen LogP contribution in [0.2, 0.25) is 5.02 Å². The molecule has 0 atom stereocenters. The van der Waals surface area contributed by atoms with Crippen molar-refractivity contribution < 1.29 is 9.59 Å². The van der Waals surface area contributed by atoms with Crippen LogP contribution in [0.1, 0.15) is 27.9 Å². The third-order valence-electron chi connectivity index (χ3n) is 2.69. The molecule has 0 spiro atoms. The summed E-state index contributed by atoms with van der Waals surface area (Å²) in [7, 11) is 0. The summed E-state index contributed by atoms with van der Waals surface area (Å²) in [5, 5.41) is 1.04. The van der Waals surface area contributed by atoms with Crippen LogP contribution < -0.4 is 10.9 Å². The summed E-state index contributed by atoms with van der Waals surface area (Å²) in [5.74, 6) is -0.398. The van der Waals surface area contributed by atoms with Gasteiger partial charge in [0.05, 0.1) is 10.6 Å². The molecule has 5 nitrogen and oxygen atoms in total. The van der Waals surface area contributed by atoms with E-state index in [0.29, 0.717) is 20.7 Å². The third-order valence-corrected chi connectivity index (χ3v) is 4.12. The molecule has 0 fully saturated rings. The Hall–Kier alpha value is -2.18. The summed E-state index contributed by atoms with van der Waals surface area (Å²) >= 11 is 7.22. The van der Waals surface area contributed by atoms with Crippen molar-refractivity contribution in [1.29, 1.82) is 0 Å². The molecule has 0 bridgehead atoms. The van der Waals surface area contributed by atoms with Crippen LogP contribution in [0.5, 0.6) is 0 Å². The number of carbonyl (C=O) groups is 2. The van der Waals surface area contributed by atoms with Gasteiger partial charge in [0.15, 0.2) is 5.78 Å². The first kappa shape index (κ1) is 16.2. The smallest absolute Gasteiger partial charge is 0.235 e. The second-order valence-corrected chi connectivity index (χ2v) is 5.87. The quantitative estimate of drug-likeness (QED) is 0.498. The Labute approximate surface area is 137 Å². The molecule has 2 rings (SSSR count). The van der Waals surface area contributed by atoms with Gasteiger partial charge in [-0.3, -0.25) is 20.4 Å². The molecule has 2 aromatic rings. The lowest BCUT2D eigenvalue weighted by molar-refractivity contribution is -0.118. The van der Waals surface area contributed by atoms with E-state index in [-0.39, 0.29) is 11.7 Å². The van der Waals surface area contributed by atoms with E-state index in [0.717, 1.165) is 5.56 Å². The Balaban J connectivity index is 2.13. The number of hydrogen-bond acceptors (Lipinski definition) is 5. The Morgan fingerprint density at radius 3 is 2.73 bits per heavy atom. The average molecular weight is 336 g/mol. The molecule has 1 amide bonds. The number of anilines is 1. The number of nitrogens with one attached hydrogen (secondary N) is 2. The van der Waals surface area contributed by atoms with Crippen molar-refractivity contribution in [2.24, 2.45) is 0 Å². The molecule has 2 N–H and O–H groups in total. The van der Waals surface area contributed by atoms with Crippen LogP contribution in [0.4, 0.5) is 5.13 Å². The molecule has 0 saturated heterocycles. The zero-order chi connectivity index (χ0) is 16.1. The predicted molar refractivity (Wildman–Crippen MR) is 89.1 cm³/mol. The molecule has 0 unspecified atom stereocenters. The fraction of sp³-hybridized carbons (Fsp3) is 0.133. The number of allylic oxidation sites excluding steroid dienone is 1. The van der Waals surface area contributed by atoms with Crippen LogP contribution >= 0.6 is 22.9 Å². The topological polar surface area (TPSA) is 71.1 Å². The van der Waals surface area contributed by atoms with Crippen LogP contribution in [0.25, 0.3) is 6.08 Å². The number of hydrogen-bond donors (Lipinski definition) is 2. The first-order valence-corrected chi connectivity index (χ1v) is 7.64. The molecule has 0 aliphatic carbocycles. The summed E-state index contributed by atoms with van der Waals surface area (Å²) in [5.41, 5.74) is 6.45. The molecule has 1 heterocycles. The number of rotatable bonds is 5. The maximum Gasteiger partial charge on any atom is 0.235 e. The van der Waals surface area contributed by atoms with Gasteiger partial charge in [-0.25, -0.2) is 4.98 Å². The normalized spacial score (nSPS) is 10.7. The molecule has 1 aromatic heterocycles. The number of aromatic nitrogens is 1. The van der Waals surface area contributed by atoms with Crippen molar-refractivity contribution in [2.75, 3.05) is 5.43 Å². The van der Waals surface area contributed by atoms with Crippen molar-refractivity contribution in [1.82, 2.24) is 10.4 Å². The highest BCUT2D eigenvalue weighted by Gasteiger charge is 2.13. The van der Waals surface area contributed by atoms with E-state index in [1.165, 1.54) is 24.3 Å². The maximum atomic E-state index is 12.2. The van der Waals surface area contributed by atoms with E-state index in [1.807, 2.05) is 18.2 Å². The lowest BCUT2D eigenvalue weighted by atomic mass is 10.2. The summed E-state index contributed by atoms with van der Waals surface area (Å²) in [6, 6.07) is 7.27.